The van der Waals surface area contributed by atoms with Gasteiger partial charge in [0, 0.05) is 41.3 Å². The normalized spacial score (nSPS) is 26.4. The summed E-state index contributed by atoms with van der Waals surface area (Å²) in [5.74, 6) is -0.973. The number of hydrogen-bond acceptors (Lipinski definition) is 3. The quantitative estimate of drug-likeness (QED) is 0.714. The van der Waals surface area contributed by atoms with Crippen LogP contribution in [0.3, 0.4) is 0 Å². The molecule has 1 aliphatic heterocycles. The van der Waals surface area contributed by atoms with Gasteiger partial charge in [-0.05, 0) is 74.6 Å². The molecule has 2 amide bonds. The predicted molar refractivity (Wildman–Crippen MR) is 122 cm³/mol. The number of halogens is 1. The minimum absolute atomic E-state index is 0.0106. The van der Waals surface area contributed by atoms with E-state index in [1.807, 2.05) is 23.1 Å². The number of nitrogens with zero attached hydrogens (tertiary/aromatic N) is 2. The van der Waals surface area contributed by atoms with Crippen LogP contribution >= 0.6 is 11.6 Å². The first-order valence-electron chi connectivity index (χ1n) is 10.7. The third-order valence-electron chi connectivity index (χ3n) is 6.93. The van der Waals surface area contributed by atoms with Crippen LogP contribution in [0.2, 0.25) is 5.02 Å². The van der Waals surface area contributed by atoms with Crippen LogP contribution in [0.1, 0.15) is 48.5 Å². The van der Waals surface area contributed by atoms with Crippen LogP contribution in [0.4, 0.5) is 10.5 Å². The number of hydrogen-bond donors (Lipinski definition) is 2. The molecule has 6 nitrogen and oxygen atoms in total. The number of aromatic carboxylic acids is 1. The highest BCUT2D eigenvalue weighted by atomic mass is 35.5. The van der Waals surface area contributed by atoms with Crippen LogP contribution in [0, 0.1) is 0 Å². The lowest BCUT2D eigenvalue weighted by molar-refractivity contribution is 0.0697. The lowest BCUT2D eigenvalue weighted by atomic mass is 9.68. The molecule has 2 aromatic carbocycles. The predicted octanol–water partition coefficient (Wildman–Crippen LogP) is 4.51. The molecule has 0 bridgehead atoms. The van der Waals surface area contributed by atoms with Crippen molar-refractivity contribution in [3.63, 3.8) is 0 Å². The minimum atomic E-state index is -0.973. The molecule has 4 rings (SSSR count). The average Bonchev–Trinajstić information content (AvgIpc) is 3.07. The van der Waals surface area contributed by atoms with Crippen LogP contribution < -0.4 is 10.6 Å². The van der Waals surface area contributed by atoms with Gasteiger partial charge >= 0.3 is 12.0 Å². The summed E-state index contributed by atoms with van der Waals surface area (Å²) in [5.41, 5.74) is 8.26. The topological polar surface area (TPSA) is 86.9 Å². The summed E-state index contributed by atoms with van der Waals surface area (Å²) in [5, 5.41) is 9.83. The molecule has 2 aliphatic rings. The Morgan fingerprint density at radius 2 is 1.87 bits per heavy atom. The molecule has 3 N–H and O–H groups in total. The maximum absolute atomic E-state index is 13.3. The molecule has 1 saturated carbocycles. The molecule has 2 fully saturated rings. The van der Waals surface area contributed by atoms with Gasteiger partial charge in [0.15, 0.2) is 0 Å². The van der Waals surface area contributed by atoms with Crippen molar-refractivity contribution in [2.45, 2.75) is 50.1 Å². The van der Waals surface area contributed by atoms with Gasteiger partial charge in [-0.2, -0.15) is 0 Å². The largest absolute Gasteiger partial charge is 0.478 e. The van der Waals surface area contributed by atoms with E-state index in [2.05, 4.69) is 13.0 Å². The fourth-order valence-corrected chi connectivity index (χ4v) is 5.33. The highest BCUT2D eigenvalue weighted by Gasteiger charge is 2.44. The van der Waals surface area contributed by atoms with Crippen LogP contribution in [0.5, 0.6) is 0 Å². The van der Waals surface area contributed by atoms with Crippen molar-refractivity contribution in [1.82, 2.24) is 4.90 Å². The number of rotatable bonds is 5. The maximum atomic E-state index is 13.3. The molecule has 0 unspecified atom stereocenters. The molecule has 7 heteroatoms. The van der Waals surface area contributed by atoms with E-state index >= 15 is 0 Å². The van der Waals surface area contributed by atoms with Gasteiger partial charge in [-0.25, -0.2) is 9.59 Å². The van der Waals surface area contributed by atoms with Gasteiger partial charge in [0.2, 0.25) is 0 Å². The van der Waals surface area contributed by atoms with Crippen molar-refractivity contribution in [2.75, 3.05) is 18.0 Å². The number of amides is 2. The average molecular weight is 442 g/mol. The maximum Gasteiger partial charge on any atom is 0.335 e. The number of urea groups is 1. The van der Waals surface area contributed by atoms with Gasteiger partial charge in [-0.15, -0.1) is 0 Å². The lowest BCUT2D eigenvalue weighted by Crippen LogP contribution is -2.48. The molecule has 1 heterocycles. The summed E-state index contributed by atoms with van der Waals surface area (Å²) in [6.45, 7) is 3.23. The molecule has 1 aliphatic carbocycles. The molecule has 31 heavy (non-hydrogen) atoms. The Bertz CT molecular complexity index is 970. The molecule has 0 aromatic heterocycles. The lowest BCUT2D eigenvalue weighted by Gasteiger charge is -2.43. The second kappa shape index (κ2) is 8.52. The standard InChI is InChI=1S/C24H28ClN3O3/c1-16-14-27(20-7-5-17(6-8-20)22(29)30)23(31)28(16)21-9-11-24(15-26,12-10-21)18-3-2-4-19(25)13-18/h2-8,13,16,21H,9-12,14-15,26H2,1H3,(H,29,30)/t16-,21-,24-/m0/s1. The van der Waals surface area contributed by atoms with E-state index in [0.717, 1.165) is 36.4 Å². The number of nitrogens with two attached hydrogens (primary N) is 1. The molecule has 164 valence electrons. The first-order chi connectivity index (χ1) is 14.8. The highest BCUT2D eigenvalue weighted by molar-refractivity contribution is 6.30. The number of carboxylic acid groups (broad SMARTS) is 1. The zero-order valence-corrected chi connectivity index (χ0v) is 18.4. The summed E-state index contributed by atoms with van der Waals surface area (Å²) < 4.78 is 0. The molecule has 0 spiro atoms. The third kappa shape index (κ3) is 4.02. The Morgan fingerprint density at radius 1 is 1.19 bits per heavy atom. The molecule has 1 saturated heterocycles. The van der Waals surface area contributed by atoms with Gasteiger partial charge < -0.3 is 15.7 Å². The Kier molecular flexibility index (Phi) is 5.95. The number of benzene rings is 2. The van der Waals surface area contributed by atoms with Crippen molar-refractivity contribution in [1.29, 1.82) is 0 Å². The van der Waals surface area contributed by atoms with Gasteiger partial charge in [0.05, 0.1) is 5.56 Å². The summed E-state index contributed by atoms with van der Waals surface area (Å²) in [4.78, 5) is 28.1. The van der Waals surface area contributed by atoms with E-state index < -0.39 is 5.97 Å². The minimum Gasteiger partial charge on any atom is -0.478 e. The van der Waals surface area contributed by atoms with Crippen molar-refractivity contribution < 1.29 is 14.7 Å². The van der Waals surface area contributed by atoms with Crippen molar-refractivity contribution in [2.24, 2.45) is 5.73 Å². The zero-order valence-electron chi connectivity index (χ0n) is 17.6. The fourth-order valence-electron chi connectivity index (χ4n) is 5.14. The van der Waals surface area contributed by atoms with E-state index in [0.29, 0.717) is 13.1 Å². The van der Waals surface area contributed by atoms with E-state index in [9.17, 15) is 9.59 Å². The molecule has 0 radical (unpaired) electrons. The van der Waals surface area contributed by atoms with E-state index in [1.54, 1.807) is 29.2 Å². The zero-order chi connectivity index (χ0) is 22.2. The second-order valence-electron chi connectivity index (χ2n) is 8.73. The third-order valence-corrected chi connectivity index (χ3v) is 7.17. The van der Waals surface area contributed by atoms with Gasteiger partial charge in [0.25, 0.3) is 0 Å². The first kappa shape index (κ1) is 21.7. The number of anilines is 1. The Balaban J connectivity index is 1.48. The van der Waals surface area contributed by atoms with Crippen molar-refractivity contribution in [3.05, 3.63) is 64.7 Å². The van der Waals surface area contributed by atoms with Crippen LogP contribution in [0.15, 0.2) is 48.5 Å². The second-order valence-corrected chi connectivity index (χ2v) is 9.16. The van der Waals surface area contributed by atoms with Gasteiger partial charge in [0.1, 0.15) is 0 Å². The Labute approximate surface area is 187 Å². The Morgan fingerprint density at radius 3 is 2.45 bits per heavy atom. The SMILES string of the molecule is C[C@H]1CN(c2ccc(C(=O)O)cc2)C(=O)N1[C@H]1CC[C@](CN)(c2cccc(Cl)c2)CC1. The van der Waals surface area contributed by atoms with Crippen LogP contribution in [0.25, 0.3) is 0 Å². The number of carboxylic acids is 1. The highest BCUT2D eigenvalue weighted by Crippen LogP contribution is 2.42. The van der Waals surface area contributed by atoms with E-state index in [4.69, 9.17) is 22.4 Å². The Hall–Kier alpha value is -2.57. The molecule has 2 aromatic rings. The summed E-state index contributed by atoms with van der Waals surface area (Å²) in [7, 11) is 0. The molecular weight excluding hydrogens is 414 g/mol. The monoisotopic (exact) mass is 441 g/mol. The summed E-state index contributed by atoms with van der Waals surface area (Å²) >= 11 is 6.22. The van der Waals surface area contributed by atoms with E-state index in [1.165, 1.54) is 5.56 Å². The number of carbonyl (C=O) groups is 2. The van der Waals surface area contributed by atoms with E-state index in [-0.39, 0.29) is 29.1 Å². The molecule has 1 atom stereocenters. The van der Waals surface area contributed by atoms with Crippen LogP contribution in [-0.4, -0.2) is 47.2 Å². The first-order valence-corrected chi connectivity index (χ1v) is 11.1. The fraction of sp³-hybridized carbons (Fsp3) is 0.417. The summed E-state index contributed by atoms with van der Waals surface area (Å²) in [6, 6.07) is 14.7. The van der Waals surface area contributed by atoms with Gasteiger partial charge in [-0.1, -0.05) is 23.7 Å². The number of carbonyl (C=O) groups excluding carboxylic acids is 1. The van der Waals surface area contributed by atoms with Gasteiger partial charge in [-0.3, -0.25) is 4.90 Å². The summed E-state index contributed by atoms with van der Waals surface area (Å²) in [6.07, 6.45) is 3.62. The van der Waals surface area contributed by atoms with Crippen molar-refractivity contribution >= 4 is 29.3 Å². The smallest absolute Gasteiger partial charge is 0.335 e. The molecular formula is C24H28ClN3O3. The van der Waals surface area contributed by atoms with Crippen LogP contribution in [-0.2, 0) is 5.41 Å². The van der Waals surface area contributed by atoms with Crippen molar-refractivity contribution in [3.8, 4) is 0 Å².